The van der Waals surface area contributed by atoms with Crippen molar-refractivity contribution in [3.63, 3.8) is 0 Å². The molecule has 3 rings (SSSR count). The zero-order valence-electron chi connectivity index (χ0n) is 10.0. The van der Waals surface area contributed by atoms with Crippen LogP contribution in [-0.2, 0) is 6.42 Å². The number of H-pyrrole nitrogens is 1. The van der Waals surface area contributed by atoms with Gasteiger partial charge >= 0.3 is 5.69 Å². The van der Waals surface area contributed by atoms with Crippen LogP contribution in [0.2, 0.25) is 0 Å². The molecule has 1 saturated carbocycles. The maximum absolute atomic E-state index is 11.6. The Bertz CT molecular complexity index is 583. The Morgan fingerprint density at radius 3 is 2.78 bits per heavy atom. The van der Waals surface area contributed by atoms with Crippen molar-refractivity contribution >= 4 is 0 Å². The summed E-state index contributed by atoms with van der Waals surface area (Å²) in [5.74, 6) is 0.763. The van der Waals surface area contributed by atoms with E-state index in [0.717, 1.165) is 24.2 Å². The third-order valence-electron chi connectivity index (χ3n) is 3.32. The van der Waals surface area contributed by atoms with Gasteiger partial charge in [-0.15, -0.1) is 0 Å². The van der Waals surface area contributed by atoms with Crippen molar-refractivity contribution in [2.24, 2.45) is 5.73 Å². The van der Waals surface area contributed by atoms with Gasteiger partial charge in [-0.05, 0) is 18.4 Å². The zero-order valence-corrected chi connectivity index (χ0v) is 10.0. The van der Waals surface area contributed by atoms with Gasteiger partial charge in [-0.1, -0.05) is 30.3 Å². The van der Waals surface area contributed by atoms with E-state index in [1.165, 1.54) is 0 Å². The lowest BCUT2D eigenvalue weighted by Crippen LogP contribution is -2.21. The lowest BCUT2D eigenvalue weighted by atomic mass is 10.0. The Balaban J connectivity index is 1.83. The molecule has 1 aliphatic carbocycles. The van der Waals surface area contributed by atoms with E-state index in [0.29, 0.717) is 12.5 Å². The Morgan fingerprint density at radius 1 is 1.39 bits per heavy atom. The van der Waals surface area contributed by atoms with Crippen LogP contribution in [0, 0.1) is 0 Å². The maximum Gasteiger partial charge on any atom is 0.343 e. The molecule has 3 N–H and O–H groups in total. The van der Waals surface area contributed by atoms with Crippen LogP contribution >= 0.6 is 0 Å². The molecule has 1 heterocycles. The van der Waals surface area contributed by atoms with Gasteiger partial charge in [0.05, 0.1) is 0 Å². The van der Waals surface area contributed by atoms with Crippen molar-refractivity contribution in [2.75, 3.05) is 0 Å². The quantitative estimate of drug-likeness (QED) is 0.847. The van der Waals surface area contributed by atoms with Gasteiger partial charge in [0.15, 0.2) is 0 Å². The first-order valence-corrected chi connectivity index (χ1v) is 6.22. The summed E-state index contributed by atoms with van der Waals surface area (Å²) in [5, 5.41) is 6.61. The number of aromatic amines is 1. The van der Waals surface area contributed by atoms with Crippen LogP contribution in [-0.4, -0.2) is 14.8 Å². The molecular formula is C13H16N4O. The second kappa shape index (κ2) is 4.42. The minimum atomic E-state index is -0.126. The summed E-state index contributed by atoms with van der Waals surface area (Å²) < 4.78 is 1.75. The normalized spacial score (nSPS) is 16.7. The zero-order chi connectivity index (χ0) is 12.5. The van der Waals surface area contributed by atoms with Gasteiger partial charge in [0, 0.05) is 18.5 Å². The molecule has 0 radical (unpaired) electrons. The summed E-state index contributed by atoms with van der Waals surface area (Å²) in [5.41, 5.74) is 7.10. The van der Waals surface area contributed by atoms with E-state index in [1.807, 2.05) is 30.3 Å². The molecule has 0 spiro atoms. The highest BCUT2D eigenvalue weighted by atomic mass is 16.1. The smallest absolute Gasteiger partial charge is 0.324 e. The monoisotopic (exact) mass is 244 g/mol. The first-order chi connectivity index (χ1) is 8.75. The van der Waals surface area contributed by atoms with Gasteiger partial charge in [0.1, 0.15) is 5.82 Å². The molecule has 94 valence electrons. The second-order valence-corrected chi connectivity index (χ2v) is 4.77. The van der Waals surface area contributed by atoms with Crippen LogP contribution in [0.4, 0.5) is 0 Å². The molecule has 1 unspecified atom stereocenters. The number of nitrogens with zero attached hydrogens (tertiary/aromatic N) is 2. The van der Waals surface area contributed by atoms with E-state index in [1.54, 1.807) is 4.57 Å². The number of hydrogen-bond acceptors (Lipinski definition) is 3. The number of rotatable bonds is 4. The summed E-state index contributed by atoms with van der Waals surface area (Å²) in [6.07, 6.45) is 2.71. The van der Waals surface area contributed by atoms with Crippen LogP contribution in [0.1, 0.15) is 36.3 Å². The fourth-order valence-corrected chi connectivity index (χ4v) is 2.21. The number of aromatic nitrogens is 3. The van der Waals surface area contributed by atoms with E-state index in [2.05, 4.69) is 10.2 Å². The SMILES string of the molecule is NC(Cc1n[nH]c(=O)n1C1CC1)c1ccccc1. The summed E-state index contributed by atoms with van der Waals surface area (Å²) in [6.45, 7) is 0. The average molecular weight is 244 g/mol. The van der Waals surface area contributed by atoms with Gasteiger partial charge in [0.2, 0.25) is 0 Å². The molecule has 18 heavy (non-hydrogen) atoms. The standard InChI is InChI=1S/C13H16N4O/c14-11(9-4-2-1-3-5-9)8-12-15-16-13(18)17(12)10-6-7-10/h1-5,10-11H,6-8,14H2,(H,16,18). The maximum atomic E-state index is 11.6. The fourth-order valence-electron chi connectivity index (χ4n) is 2.21. The number of hydrogen-bond donors (Lipinski definition) is 2. The molecule has 1 aromatic carbocycles. The Morgan fingerprint density at radius 2 is 2.11 bits per heavy atom. The predicted octanol–water partition coefficient (Wildman–Crippen LogP) is 1.15. The van der Waals surface area contributed by atoms with Crippen LogP contribution in [0.3, 0.4) is 0 Å². The molecule has 0 amide bonds. The van der Waals surface area contributed by atoms with Gasteiger partial charge in [0.25, 0.3) is 0 Å². The van der Waals surface area contributed by atoms with Crippen molar-refractivity contribution in [2.45, 2.75) is 31.3 Å². The van der Waals surface area contributed by atoms with Crippen molar-refractivity contribution in [3.05, 3.63) is 52.2 Å². The number of nitrogens with one attached hydrogen (secondary N) is 1. The van der Waals surface area contributed by atoms with Crippen molar-refractivity contribution < 1.29 is 0 Å². The van der Waals surface area contributed by atoms with Gasteiger partial charge in [-0.3, -0.25) is 4.57 Å². The highest BCUT2D eigenvalue weighted by Gasteiger charge is 2.28. The van der Waals surface area contributed by atoms with Crippen LogP contribution < -0.4 is 11.4 Å². The summed E-state index contributed by atoms with van der Waals surface area (Å²) in [6, 6.07) is 10.1. The van der Waals surface area contributed by atoms with Crippen molar-refractivity contribution in [3.8, 4) is 0 Å². The topological polar surface area (TPSA) is 76.7 Å². The summed E-state index contributed by atoms with van der Waals surface area (Å²) in [4.78, 5) is 11.6. The van der Waals surface area contributed by atoms with Gasteiger partial charge < -0.3 is 5.73 Å². The van der Waals surface area contributed by atoms with E-state index >= 15 is 0 Å². The highest BCUT2D eigenvalue weighted by Crippen LogP contribution is 2.34. The molecule has 0 aliphatic heterocycles. The summed E-state index contributed by atoms with van der Waals surface area (Å²) in [7, 11) is 0. The van der Waals surface area contributed by atoms with Crippen molar-refractivity contribution in [1.29, 1.82) is 0 Å². The third kappa shape index (κ3) is 2.09. The fraction of sp³-hybridized carbons (Fsp3) is 0.385. The van der Waals surface area contributed by atoms with Crippen LogP contribution in [0.5, 0.6) is 0 Å². The molecular weight excluding hydrogens is 228 g/mol. The Labute approximate surface area is 105 Å². The van der Waals surface area contributed by atoms with Gasteiger partial charge in [-0.25, -0.2) is 9.89 Å². The minimum absolute atomic E-state index is 0.118. The Kier molecular flexibility index (Phi) is 2.76. The second-order valence-electron chi connectivity index (χ2n) is 4.77. The van der Waals surface area contributed by atoms with Crippen molar-refractivity contribution in [1.82, 2.24) is 14.8 Å². The van der Waals surface area contributed by atoms with Gasteiger partial charge in [-0.2, -0.15) is 5.10 Å². The molecule has 1 fully saturated rings. The van der Waals surface area contributed by atoms with Crippen LogP contribution in [0.15, 0.2) is 35.1 Å². The molecule has 5 heteroatoms. The molecule has 1 aliphatic rings. The minimum Gasteiger partial charge on any atom is -0.324 e. The van der Waals surface area contributed by atoms with E-state index in [-0.39, 0.29) is 11.7 Å². The number of nitrogens with two attached hydrogens (primary N) is 1. The first-order valence-electron chi connectivity index (χ1n) is 6.22. The molecule has 5 nitrogen and oxygen atoms in total. The Hall–Kier alpha value is -1.88. The molecule has 1 atom stereocenters. The van der Waals surface area contributed by atoms with E-state index in [9.17, 15) is 4.79 Å². The van der Waals surface area contributed by atoms with E-state index in [4.69, 9.17) is 5.73 Å². The lowest BCUT2D eigenvalue weighted by Gasteiger charge is -2.11. The lowest BCUT2D eigenvalue weighted by molar-refractivity contribution is 0.610. The molecule has 1 aromatic heterocycles. The molecule has 2 aromatic rings. The number of benzene rings is 1. The largest absolute Gasteiger partial charge is 0.343 e. The van der Waals surface area contributed by atoms with Crippen LogP contribution in [0.25, 0.3) is 0 Å². The third-order valence-corrected chi connectivity index (χ3v) is 3.32. The van der Waals surface area contributed by atoms with E-state index < -0.39 is 0 Å². The molecule has 0 saturated heterocycles. The first kappa shape index (κ1) is 11.2. The summed E-state index contributed by atoms with van der Waals surface area (Å²) >= 11 is 0. The highest BCUT2D eigenvalue weighted by molar-refractivity contribution is 5.19. The predicted molar refractivity (Wildman–Crippen MR) is 68.2 cm³/mol. The average Bonchev–Trinajstić information content (AvgIpc) is 3.16. The molecule has 0 bridgehead atoms.